The van der Waals surface area contributed by atoms with Gasteiger partial charge in [-0.25, -0.2) is 9.69 Å². The van der Waals surface area contributed by atoms with Gasteiger partial charge in [0, 0.05) is 5.69 Å². The van der Waals surface area contributed by atoms with Crippen LogP contribution in [-0.4, -0.2) is 32.9 Å². The molecule has 0 aliphatic heterocycles. The predicted molar refractivity (Wildman–Crippen MR) is 127 cm³/mol. The number of carboxylic acid groups (broad SMARTS) is 1. The van der Waals surface area contributed by atoms with Gasteiger partial charge in [0.05, 0.1) is 18.4 Å². The molecule has 0 bridgehead atoms. The Morgan fingerprint density at radius 2 is 1.31 bits per heavy atom. The van der Waals surface area contributed by atoms with Crippen molar-refractivity contribution < 1.29 is 19.5 Å². The Bertz CT molecular complexity index is 1090. The number of carbonyl (C=O) groups excluding carboxylic acids is 2. The molecular weight excluding hydrogens is 424 g/mol. The molecule has 0 radical (unpaired) electrons. The molecule has 162 valence electrons. The summed E-state index contributed by atoms with van der Waals surface area (Å²) in [5.74, 6) is -2.02. The number of carbonyl (C=O) groups is 3. The Balaban J connectivity index is 1.88. The number of rotatable bonds is 6. The number of imide groups is 1. The Hall–Kier alpha value is -3.84. The van der Waals surface area contributed by atoms with Crippen molar-refractivity contribution in [1.29, 1.82) is 0 Å². The van der Waals surface area contributed by atoms with Crippen molar-refractivity contribution in [3.05, 3.63) is 101 Å². The monoisotopic (exact) mass is 446 g/mol. The SMILES string of the molecule is Cc1c(NC(=S)N(C(=O)Cc2ccccc2)C(=O)Cc2ccccc2)cccc1C(=O)O. The number of aromatic carboxylic acids is 1. The minimum absolute atomic E-state index is 0.00264. The van der Waals surface area contributed by atoms with Crippen LogP contribution in [0.25, 0.3) is 0 Å². The molecule has 0 heterocycles. The number of hydrogen-bond donors (Lipinski definition) is 2. The smallest absolute Gasteiger partial charge is 0.336 e. The summed E-state index contributed by atoms with van der Waals surface area (Å²) in [6.45, 7) is 1.64. The first kappa shape index (κ1) is 22.8. The van der Waals surface area contributed by atoms with Crippen LogP contribution >= 0.6 is 12.2 Å². The van der Waals surface area contributed by atoms with Crippen LogP contribution in [0.5, 0.6) is 0 Å². The van der Waals surface area contributed by atoms with Crippen LogP contribution in [0.4, 0.5) is 5.69 Å². The summed E-state index contributed by atoms with van der Waals surface area (Å²) in [5, 5.41) is 12.2. The molecule has 0 saturated heterocycles. The van der Waals surface area contributed by atoms with Gasteiger partial charge in [-0.2, -0.15) is 0 Å². The van der Waals surface area contributed by atoms with Crippen LogP contribution in [0.1, 0.15) is 27.0 Å². The Morgan fingerprint density at radius 1 is 0.812 bits per heavy atom. The second kappa shape index (κ2) is 10.5. The normalized spacial score (nSPS) is 10.3. The summed E-state index contributed by atoms with van der Waals surface area (Å²) in [6, 6.07) is 22.8. The molecule has 3 aromatic carbocycles. The maximum Gasteiger partial charge on any atom is 0.336 e. The van der Waals surface area contributed by atoms with Crippen molar-refractivity contribution in [3.63, 3.8) is 0 Å². The molecule has 0 aromatic heterocycles. The van der Waals surface area contributed by atoms with E-state index in [1.807, 2.05) is 36.4 Å². The maximum atomic E-state index is 13.1. The first-order valence-electron chi connectivity index (χ1n) is 9.94. The third kappa shape index (κ3) is 5.65. The van der Waals surface area contributed by atoms with Crippen molar-refractivity contribution >= 4 is 40.8 Å². The molecule has 0 fully saturated rings. The Morgan fingerprint density at radius 3 is 1.78 bits per heavy atom. The maximum absolute atomic E-state index is 13.1. The van der Waals surface area contributed by atoms with E-state index in [1.54, 1.807) is 43.3 Å². The molecular formula is C25H22N2O4S. The quantitative estimate of drug-likeness (QED) is 0.551. The van der Waals surface area contributed by atoms with Gasteiger partial charge in [-0.1, -0.05) is 66.7 Å². The lowest BCUT2D eigenvalue weighted by Crippen LogP contribution is -2.45. The van der Waals surface area contributed by atoms with E-state index in [4.69, 9.17) is 12.2 Å². The average molecular weight is 447 g/mol. The molecule has 0 aliphatic rings. The number of carboxylic acids is 1. The fourth-order valence-electron chi connectivity index (χ4n) is 3.24. The molecule has 0 aliphatic carbocycles. The molecule has 0 unspecified atom stereocenters. The van der Waals surface area contributed by atoms with Gasteiger partial charge in [-0.05, 0) is 48.0 Å². The minimum Gasteiger partial charge on any atom is -0.478 e. The second-order valence-corrected chi connectivity index (χ2v) is 7.55. The van der Waals surface area contributed by atoms with E-state index < -0.39 is 17.8 Å². The van der Waals surface area contributed by atoms with Crippen molar-refractivity contribution in [1.82, 2.24) is 4.90 Å². The summed E-state index contributed by atoms with van der Waals surface area (Å²) in [4.78, 5) is 38.6. The summed E-state index contributed by atoms with van der Waals surface area (Å²) in [6.07, 6.45) is -0.00528. The Kier molecular flexibility index (Phi) is 7.46. The predicted octanol–water partition coefficient (Wildman–Crippen LogP) is 4.23. The van der Waals surface area contributed by atoms with Crippen molar-refractivity contribution in [2.24, 2.45) is 0 Å². The zero-order valence-electron chi connectivity index (χ0n) is 17.4. The van der Waals surface area contributed by atoms with Gasteiger partial charge in [0.2, 0.25) is 11.8 Å². The number of anilines is 1. The summed E-state index contributed by atoms with van der Waals surface area (Å²) in [7, 11) is 0. The van der Waals surface area contributed by atoms with Crippen LogP contribution < -0.4 is 5.32 Å². The number of hydrogen-bond acceptors (Lipinski definition) is 4. The number of thiocarbonyl (C=S) groups is 1. The van der Waals surface area contributed by atoms with E-state index >= 15 is 0 Å². The fourth-order valence-corrected chi connectivity index (χ4v) is 3.55. The first-order chi connectivity index (χ1) is 15.4. The van der Waals surface area contributed by atoms with E-state index in [0.29, 0.717) is 11.3 Å². The summed E-state index contributed by atoms with van der Waals surface area (Å²) >= 11 is 5.44. The average Bonchev–Trinajstić information content (AvgIpc) is 2.76. The molecule has 2 N–H and O–H groups in total. The van der Waals surface area contributed by atoms with Crippen LogP contribution in [0, 0.1) is 6.92 Å². The lowest BCUT2D eigenvalue weighted by molar-refractivity contribution is -0.138. The van der Waals surface area contributed by atoms with Gasteiger partial charge in [0.1, 0.15) is 0 Å². The molecule has 7 heteroatoms. The standard InChI is InChI=1S/C25H22N2O4S/c1-17-20(24(30)31)13-8-14-21(17)26-25(32)27(22(28)15-18-9-4-2-5-10-18)23(29)16-19-11-6-3-7-12-19/h2-14H,15-16H2,1H3,(H,26,32)(H,30,31). The lowest BCUT2D eigenvalue weighted by Gasteiger charge is -2.23. The van der Waals surface area contributed by atoms with E-state index in [-0.39, 0.29) is 23.5 Å². The van der Waals surface area contributed by atoms with Crippen LogP contribution in [0.2, 0.25) is 0 Å². The van der Waals surface area contributed by atoms with Crippen molar-refractivity contribution in [3.8, 4) is 0 Å². The number of nitrogens with one attached hydrogen (secondary N) is 1. The number of amides is 2. The van der Waals surface area contributed by atoms with E-state index in [0.717, 1.165) is 16.0 Å². The lowest BCUT2D eigenvalue weighted by atomic mass is 10.1. The number of nitrogens with zero attached hydrogens (tertiary/aromatic N) is 1. The number of benzene rings is 3. The van der Waals surface area contributed by atoms with Crippen LogP contribution in [-0.2, 0) is 22.4 Å². The van der Waals surface area contributed by atoms with E-state index in [2.05, 4.69) is 5.32 Å². The molecule has 2 amide bonds. The molecule has 0 spiro atoms. The van der Waals surface area contributed by atoms with Gasteiger partial charge in [0.25, 0.3) is 0 Å². The van der Waals surface area contributed by atoms with Gasteiger partial charge in [-0.3, -0.25) is 9.59 Å². The molecule has 32 heavy (non-hydrogen) atoms. The second-order valence-electron chi connectivity index (χ2n) is 7.16. The van der Waals surface area contributed by atoms with E-state index in [9.17, 15) is 19.5 Å². The van der Waals surface area contributed by atoms with Crippen LogP contribution in [0.15, 0.2) is 78.9 Å². The van der Waals surface area contributed by atoms with Gasteiger partial charge >= 0.3 is 5.97 Å². The van der Waals surface area contributed by atoms with Gasteiger partial charge in [0.15, 0.2) is 5.11 Å². The highest BCUT2D eigenvalue weighted by atomic mass is 32.1. The third-order valence-corrected chi connectivity index (χ3v) is 5.19. The third-order valence-electron chi connectivity index (χ3n) is 4.90. The first-order valence-corrected chi connectivity index (χ1v) is 10.3. The molecule has 3 rings (SSSR count). The van der Waals surface area contributed by atoms with Crippen molar-refractivity contribution in [2.45, 2.75) is 19.8 Å². The molecule has 6 nitrogen and oxygen atoms in total. The molecule has 0 atom stereocenters. The zero-order chi connectivity index (χ0) is 23.1. The summed E-state index contributed by atoms with van der Waals surface area (Å²) < 4.78 is 0. The minimum atomic E-state index is -1.07. The largest absolute Gasteiger partial charge is 0.478 e. The van der Waals surface area contributed by atoms with Crippen molar-refractivity contribution in [2.75, 3.05) is 5.32 Å². The fraction of sp³-hybridized carbons (Fsp3) is 0.120. The molecule has 0 saturated carbocycles. The highest BCUT2D eigenvalue weighted by Gasteiger charge is 2.26. The summed E-state index contributed by atoms with van der Waals surface area (Å²) in [5.41, 5.74) is 2.48. The highest BCUT2D eigenvalue weighted by molar-refractivity contribution is 7.80. The highest BCUT2D eigenvalue weighted by Crippen LogP contribution is 2.20. The zero-order valence-corrected chi connectivity index (χ0v) is 18.3. The van der Waals surface area contributed by atoms with E-state index in [1.165, 1.54) is 6.07 Å². The van der Waals surface area contributed by atoms with Crippen LogP contribution in [0.3, 0.4) is 0 Å². The molecule has 3 aromatic rings. The van der Waals surface area contributed by atoms with Gasteiger partial charge < -0.3 is 10.4 Å². The van der Waals surface area contributed by atoms with Gasteiger partial charge in [-0.15, -0.1) is 0 Å². The Labute approximate surface area is 191 Å². The topological polar surface area (TPSA) is 86.7 Å².